The summed E-state index contributed by atoms with van der Waals surface area (Å²) in [6, 6.07) is 4.07. The summed E-state index contributed by atoms with van der Waals surface area (Å²) in [7, 11) is 3.63. The van der Waals surface area contributed by atoms with Crippen LogP contribution in [0.2, 0.25) is 0 Å². The first kappa shape index (κ1) is 16.6. The zero-order valence-corrected chi connectivity index (χ0v) is 15.9. The summed E-state index contributed by atoms with van der Waals surface area (Å²) in [4.78, 5) is 28.6. The first-order valence-electron chi connectivity index (χ1n) is 8.32. The quantitative estimate of drug-likeness (QED) is 0.704. The molecular formula is C18H20N4OS2. The highest BCUT2D eigenvalue weighted by atomic mass is 32.1. The fraction of sp³-hybridized carbons (Fsp3) is 0.389. The molecule has 1 amide bonds. The fourth-order valence-corrected chi connectivity index (χ4v) is 5.36. The summed E-state index contributed by atoms with van der Waals surface area (Å²) in [5.41, 5.74) is 3.08. The molecule has 0 unspecified atom stereocenters. The third-order valence-corrected chi connectivity index (χ3v) is 6.53. The van der Waals surface area contributed by atoms with E-state index >= 15 is 0 Å². The summed E-state index contributed by atoms with van der Waals surface area (Å²) in [6.07, 6.45) is 4.83. The van der Waals surface area contributed by atoms with Crippen LogP contribution in [-0.2, 0) is 6.54 Å². The Morgan fingerprint density at radius 1 is 1.44 bits per heavy atom. The maximum Gasteiger partial charge on any atom is 0.263 e. The lowest BCUT2D eigenvalue weighted by Gasteiger charge is -2.17. The molecule has 130 valence electrons. The normalized spacial score (nSPS) is 18.1. The predicted molar refractivity (Wildman–Crippen MR) is 102 cm³/mol. The van der Waals surface area contributed by atoms with Crippen molar-refractivity contribution in [3.8, 4) is 0 Å². The molecule has 0 radical (unpaired) electrons. The number of carbonyl (C=O) groups is 1. The molecule has 0 N–H and O–H groups in total. The Balaban J connectivity index is 1.66. The Morgan fingerprint density at radius 2 is 2.32 bits per heavy atom. The molecule has 4 rings (SSSR count). The van der Waals surface area contributed by atoms with Crippen LogP contribution in [0.5, 0.6) is 0 Å². The van der Waals surface area contributed by atoms with Gasteiger partial charge < -0.3 is 4.90 Å². The summed E-state index contributed by atoms with van der Waals surface area (Å²) < 4.78 is 0. The Bertz CT molecular complexity index is 888. The summed E-state index contributed by atoms with van der Waals surface area (Å²) >= 11 is 3.23. The second-order valence-electron chi connectivity index (χ2n) is 6.59. The van der Waals surface area contributed by atoms with Gasteiger partial charge in [-0.3, -0.25) is 14.7 Å². The van der Waals surface area contributed by atoms with E-state index in [0.717, 1.165) is 41.1 Å². The van der Waals surface area contributed by atoms with Crippen molar-refractivity contribution in [1.29, 1.82) is 0 Å². The van der Waals surface area contributed by atoms with E-state index in [-0.39, 0.29) is 5.91 Å². The number of likely N-dealkylation sites (tertiary alicyclic amines) is 1. The topological polar surface area (TPSA) is 49.3 Å². The molecule has 5 nitrogen and oxygen atoms in total. The van der Waals surface area contributed by atoms with Gasteiger partial charge in [-0.15, -0.1) is 22.7 Å². The van der Waals surface area contributed by atoms with Gasteiger partial charge in [0.15, 0.2) is 0 Å². The molecule has 1 atom stereocenters. The van der Waals surface area contributed by atoms with Crippen LogP contribution in [0.4, 0.5) is 0 Å². The highest BCUT2D eigenvalue weighted by molar-refractivity contribution is 7.20. The van der Waals surface area contributed by atoms with Crippen molar-refractivity contribution in [2.24, 2.45) is 0 Å². The molecule has 1 fully saturated rings. The molecule has 1 aliphatic rings. The minimum atomic E-state index is 0.0823. The number of carbonyl (C=O) groups excluding carboxylic acids is 1. The molecule has 0 bridgehead atoms. The number of thiazole rings is 1. The van der Waals surface area contributed by atoms with Gasteiger partial charge in [-0.05, 0) is 24.6 Å². The number of hydrogen-bond acceptors (Lipinski definition) is 6. The molecule has 1 saturated heterocycles. The number of fused-ring (bicyclic) bond motifs is 1. The first-order chi connectivity index (χ1) is 12.1. The number of nitrogens with zero attached hydrogens (tertiary/aromatic N) is 4. The molecular weight excluding hydrogens is 352 g/mol. The summed E-state index contributed by atoms with van der Waals surface area (Å²) in [5.74, 6) is 0.462. The van der Waals surface area contributed by atoms with E-state index < -0.39 is 0 Å². The van der Waals surface area contributed by atoms with E-state index in [0.29, 0.717) is 5.92 Å². The van der Waals surface area contributed by atoms with Crippen LogP contribution in [-0.4, -0.2) is 52.9 Å². The molecule has 0 spiro atoms. The molecule has 3 aromatic heterocycles. The average Bonchev–Trinajstić information content (AvgIpc) is 3.33. The van der Waals surface area contributed by atoms with E-state index in [1.165, 1.54) is 21.8 Å². The average molecular weight is 373 g/mol. The van der Waals surface area contributed by atoms with Crippen molar-refractivity contribution >= 4 is 38.8 Å². The maximum atomic E-state index is 12.7. The molecule has 7 heteroatoms. The molecule has 1 aliphatic heterocycles. The van der Waals surface area contributed by atoms with Crippen LogP contribution in [0, 0.1) is 0 Å². The van der Waals surface area contributed by atoms with E-state index in [4.69, 9.17) is 0 Å². The van der Waals surface area contributed by atoms with Gasteiger partial charge in [0, 0.05) is 55.8 Å². The zero-order valence-electron chi connectivity index (χ0n) is 14.3. The van der Waals surface area contributed by atoms with Gasteiger partial charge in [0.1, 0.15) is 4.83 Å². The Hall–Kier alpha value is -1.83. The van der Waals surface area contributed by atoms with E-state index in [1.54, 1.807) is 22.4 Å². The Labute approximate surface area is 154 Å². The van der Waals surface area contributed by atoms with Gasteiger partial charge in [-0.2, -0.15) is 0 Å². The van der Waals surface area contributed by atoms with Gasteiger partial charge in [0.25, 0.3) is 5.91 Å². The SMILES string of the molecule is CN(C)C(=O)c1sc2ncccc2c1[C@H]1CCN(Cc2cncs2)C1. The number of rotatable bonds is 4. The first-order valence-corrected chi connectivity index (χ1v) is 10.0. The van der Waals surface area contributed by atoms with Crippen LogP contribution < -0.4 is 0 Å². The van der Waals surface area contributed by atoms with Crippen LogP contribution in [0.25, 0.3) is 10.2 Å². The number of amides is 1. The van der Waals surface area contributed by atoms with E-state index in [9.17, 15) is 4.79 Å². The van der Waals surface area contributed by atoms with Crippen LogP contribution in [0.1, 0.15) is 32.5 Å². The maximum absolute atomic E-state index is 12.7. The van der Waals surface area contributed by atoms with Crippen molar-refractivity contribution in [2.45, 2.75) is 18.9 Å². The number of pyridine rings is 1. The predicted octanol–water partition coefficient (Wildman–Crippen LogP) is 3.44. The lowest BCUT2D eigenvalue weighted by Crippen LogP contribution is -2.23. The monoisotopic (exact) mass is 372 g/mol. The van der Waals surface area contributed by atoms with Crippen molar-refractivity contribution in [1.82, 2.24) is 19.8 Å². The third kappa shape index (κ3) is 3.19. The van der Waals surface area contributed by atoms with Crippen molar-refractivity contribution in [3.05, 3.63) is 45.4 Å². The van der Waals surface area contributed by atoms with Gasteiger partial charge in [0.2, 0.25) is 0 Å². The molecule has 4 heterocycles. The van der Waals surface area contributed by atoms with Crippen LogP contribution >= 0.6 is 22.7 Å². The van der Waals surface area contributed by atoms with Crippen LogP contribution in [0.3, 0.4) is 0 Å². The minimum Gasteiger partial charge on any atom is -0.344 e. The van der Waals surface area contributed by atoms with Gasteiger partial charge in [-0.1, -0.05) is 6.07 Å². The Morgan fingerprint density at radius 3 is 3.08 bits per heavy atom. The lowest BCUT2D eigenvalue weighted by molar-refractivity contribution is 0.0831. The number of aromatic nitrogens is 2. The second kappa shape index (κ2) is 6.82. The van der Waals surface area contributed by atoms with Crippen LogP contribution in [0.15, 0.2) is 30.0 Å². The number of hydrogen-bond donors (Lipinski definition) is 0. The Kier molecular flexibility index (Phi) is 4.54. The minimum absolute atomic E-state index is 0.0823. The van der Waals surface area contributed by atoms with Gasteiger partial charge in [-0.25, -0.2) is 4.98 Å². The highest BCUT2D eigenvalue weighted by Crippen LogP contribution is 2.40. The highest BCUT2D eigenvalue weighted by Gasteiger charge is 2.31. The van der Waals surface area contributed by atoms with Gasteiger partial charge in [0.05, 0.1) is 10.4 Å². The van der Waals surface area contributed by atoms with Gasteiger partial charge >= 0.3 is 0 Å². The zero-order chi connectivity index (χ0) is 17.4. The molecule has 3 aromatic rings. The largest absolute Gasteiger partial charge is 0.344 e. The van der Waals surface area contributed by atoms with Crippen molar-refractivity contribution in [2.75, 3.05) is 27.2 Å². The second-order valence-corrected chi connectivity index (χ2v) is 8.56. The summed E-state index contributed by atoms with van der Waals surface area (Å²) in [5, 5.41) is 1.14. The summed E-state index contributed by atoms with van der Waals surface area (Å²) in [6.45, 7) is 2.97. The smallest absolute Gasteiger partial charge is 0.263 e. The van der Waals surface area contributed by atoms with E-state index in [1.807, 2.05) is 31.9 Å². The number of thiophene rings is 1. The third-order valence-electron chi connectivity index (χ3n) is 4.65. The molecule has 0 aromatic carbocycles. The molecule has 0 saturated carbocycles. The van der Waals surface area contributed by atoms with Crippen molar-refractivity contribution in [3.63, 3.8) is 0 Å². The van der Waals surface area contributed by atoms with E-state index in [2.05, 4.69) is 20.9 Å². The lowest BCUT2D eigenvalue weighted by atomic mass is 9.95. The molecule has 0 aliphatic carbocycles. The molecule has 25 heavy (non-hydrogen) atoms. The standard InChI is InChI=1S/C18H20N4OS2/c1-21(2)18(23)16-15(14-4-3-6-20-17(14)25-16)12-5-7-22(9-12)10-13-8-19-11-24-13/h3-4,6,8,11-12H,5,7,9-10H2,1-2H3/t12-/m0/s1. The fourth-order valence-electron chi connectivity index (χ4n) is 3.47. The van der Waals surface area contributed by atoms with Crippen molar-refractivity contribution < 1.29 is 4.79 Å².